The fraction of sp³-hybridized carbons (Fsp3) is 0.353. The van der Waals surface area contributed by atoms with Gasteiger partial charge in [0.15, 0.2) is 0 Å². The predicted octanol–water partition coefficient (Wildman–Crippen LogP) is 3.18. The second-order valence-electron chi connectivity index (χ2n) is 5.75. The Labute approximate surface area is 134 Å². The lowest BCUT2D eigenvalue weighted by atomic mass is 10.0. The highest BCUT2D eigenvalue weighted by Crippen LogP contribution is 2.29. The van der Waals surface area contributed by atoms with Crippen molar-refractivity contribution in [3.8, 4) is 0 Å². The summed E-state index contributed by atoms with van der Waals surface area (Å²) in [6.45, 7) is 5.96. The molecule has 1 fully saturated rings. The Morgan fingerprint density at radius 2 is 2.09 bits per heavy atom. The molecule has 1 aromatic carbocycles. The molecule has 6 nitrogen and oxygen atoms in total. The van der Waals surface area contributed by atoms with Crippen LogP contribution in [0.1, 0.15) is 22.8 Å². The number of aryl methyl sites for hydroxylation is 2. The van der Waals surface area contributed by atoms with Crippen LogP contribution in [0.15, 0.2) is 36.5 Å². The molecule has 0 radical (unpaired) electrons. The zero-order chi connectivity index (χ0) is 16.4. The average Bonchev–Trinajstić information content (AvgIpc) is 2.55. The topological polar surface area (TPSA) is 68.5 Å². The van der Waals surface area contributed by atoms with Gasteiger partial charge in [-0.2, -0.15) is 0 Å². The van der Waals surface area contributed by atoms with Crippen molar-refractivity contribution >= 4 is 11.5 Å². The highest BCUT2D eigenvalue weighted by Gasteiger charge is 2.25. The van der Waals surface area contributed by atoms with Gasteiger partial charge in [0, 0.05) is 19.2 Å². The summed E-state index contributed by atoms with van der Waals surface area (Å²) in [5.41, 5.74) is 3.21. The first-order valence-electron chi connectivity index (χ1n) is 7.59. The second-order valence-corrected chi connectivity index (χ2v) is 5.75. The van der Waals surface area contributed by atoms with Gasteiger partial charge in [-0.1, -0.05) is 24.3 Å². The monoisotopic (exact) mass is 313 g/mol. The van der Waals surface area contributed by atoms with Gasteiger partial charge >= 0.3 is 0 Å². The highest BCUT2D eigenvalue weighted by atomic mass is 16.6. The summed E-state index contributed by atoms with van der Waals surface area (Å²) in [6.07, 6.45) is 1.31. The summed E-state index contributed by atoms with van der Waals surface area (Å²) in [6, 6.07) is 9.76. The normalized spacial score (nSPS) is 18.0. The van der Waals surface area contributed by atoms with E-state index in [1.54, 1.807) is 6.07 Å². The molecule has 0 bridgehead atoms. The molecule has 1 aliphatic rings. The van der Waals surface area contributed by atoms with Gasteiger partial charge in [-0.05, 0) is 30.5 Å². The predicted molar refractivity (Wildman–Crippen MR) is 87.7 cm³/mol. The standard InChI is InChI=1S/C17H19N3O3/c1-12-5-3-4-6-15(12)16-11-19(7-8-23-16)17-13(2)9-14(10-18-17)20(21)22/h3-6,9-10,16H,7-8,11H2,1-2H3. The number of nitrogens with zero attached hydrogens (tertiary/aromatic N) is 3. The minimum absolute atomic E-state index is 0.0126. The zero-order valence-corrected chi connectivity index (χ0v) is 13.2. The van der Waals surface area contributed by atoms with Crippen molar-refractivity contribution in [1.29, 1.82) is 0 Å². The summed E-state index contributed by atoms with van der Waals surface area (Å²) < 4.78 is 5.92. The number of ether oxygens (including phenoxy) is 1. The van der Waals surface area contributed by atoms with Crippen molar-refractivity contribution in [2.75, 3.05) is 24.6 Å². The van der Waals surface area contributed by atoms with Crippen molar-refractivity contribution in [1.82, 2.24) is 4.98 Å². The largest absolute Gasteiger partial charge is 0.370 e. The lowest BCUT2D eigenvalue weighted by Gasteiger charge is -2.35. The summed E-state index contributed by atoms with van der Waals surface area (Å²) in [7, 11) is 0. The molecule has 1 atom stereocenters. The van der Waals surface area contributed by atoms with Crippen LogP contribution in [0.2, 0.25) is 0 Å². The third-order valence-corrected chi connectivity index (χ3v) is 4.15. The van der Waals surface area contributed by atoms with E-state index in [4.69, 9.17) is 4.74 Å². The Kier molecular flexibility index (Phi) is 4.25. The summed E-state index contributed by atoms with van der Waals surface area (Å²) >= 11 is 0. The summed E-state index contributed by atoms with van der Waals surface area (Å²) in [5.74, 6) is 0.789. The third-order valence-electron chi connectivity index (χ3n) is 4.15. The fourth-order valence-corrected chi connectivity index (χ4v) is 2.96. The Hall–Kier alpha value is -2.47. The van der Waals surface area contributed by atoms with Crippen molar-refractivity contribution in [3.63, 3.8) is 0 Å². The van der Waals surface area contributed by atoms with E-state index in [9.17, 15) is 10.1 Å². The van der Waals surface area contributed by atoms with Crippen molar-refractivity contribution in [3.05, 3.63) is 63.3 Å². The van der Waals surface area contributed by atoms with Crippen LogP contribution in [-0.4, -0.2) is 29.6 Å². The lowest BCUT2D eigenvalue weighted by Crippen LogP contribution is -2.39. The SMILES string of the molecule is Cc1ccccc1C1CN(c2ncc([N+](=O)[O-])cc2C)CCO1. The van der Waals surface area contributed by atoms with Gasteiger partial charge in [-0.15, -0.1) is 0 Å². The molecule has 6 heteroatoms. The van der Waals surface area contributed by atoms with Crippen LogP contribution in [-0.2, 0) is 4.74 Å². The maximum Gasteiger partial charge on any atom is 0.287 e. The number of nitro groups is 1. The molecule has 3 rings (SSSR count). The number of morpholine rings is 1. The summed E-state index contributed by atoms with van der Waals surface area (Å²) in [5, 5.41) is 10.8. The minimum Gasteiger partial charge on any atom is -0.370 e. The van der Waals surface area contributed by atoms with Crippen LogP contribution < -0.4 is 4.90 Å². The van der Waals surface area contributed by atoms with E-state index in [0.29, 0.717) is 13.2 Å². The Balaban J connectivity index is 1.84. The fourth-order valence-electron chi connectivity index (χ4n) is 2.96. The van der Waals surface area contributed by atoms with Gasteiger partial charge in [0.1, 0.15) is 18.1 Å². The van der Waals surface area contributed by atoms with Crippen LogP contribution >= 0.6 is 0 Å². The number of hydrogen-bond acceptors (Lipinski definition) is 5. The number of rotatable bonds is 3. The average molecular weight is 313 g/mol. The molecular formula is C17H19N3O3. The van der Waals surface area contributed by atoms with Crippen molar-refractivity contribution in [2.45, 2.75) is 20.0 Å². The Morgan fingerprint density at radius 1 is 1.30 bits per heavy atom. The van der Waals surface area contributed by atoms with E-state index in [-0.39, 0.29) is 11.8 Å². The van der Waals surface area contributed by atoms with Crippen LogP contribution in [0.4, 0.5) is 11.5 Å². The molecule has 120 valence electrons. The number of anilines is 1. The molecule has 1 saturated heterocycles. The highest BCUT2D eigenvalue weighted by molar-refractivity contribution is 5.51. The maximum atomic E-state index is 10.8. The van der Waals surface area contributed by atoms with Gasteiger partial charge in [0.25, 0.3) is 5.69 Å². The Bertz CT molecular complexity index is 733. The molecule has 1 aliphatic heterocycles. The molecule has 0 amide bonds. The second kappa shape index (κ2) is 6.34. The molecule has 2 aromatic rings. The van der Waals surface area contributed by atoms with Crippen LogP contribution in [0.5, 0.6) is 0 Å². The molecule has 1 aromatic heterocycles. The van der Waals surface area contributed by atoms with Gasteiger partial charge < -0.3 is 9.64 Å². The van der Waals surface area contributed by atoms with E-state index >= 15 is 0 Å². The maximum absolute atomic E-state index is 10.8. The molecule has 0 aliphatic carbocycles. The van der Waals surface area contributed by atoms with Crippen LogP contribution in [0.25, 0.3) is 0 Å². The van der Waals surface area contributed by atoms with E-state index in [1.165, 1.54) is 17.3 Å². The first-order chi connectivity index (χ1) is 11.1. The van der Waals surface area contributed by atoms with Gasteiger partial charge in [-0.25, -0.2) is 4.98 Å². The zero-order valence-electron chi connectivity index (χ0n) is 13.2. The van der Waals surface area contributed by atoms with Crippen LogP contribution in [0, 0.1) is 24.0 Å². The number of pyridine rings is 1. The third kappa shape index (κ3) is 3.17. The summed E-state index contributed by atoms with van der Waals surface area (Å²) in [4.78, 5) is 16.9. The first kappa shape index (κ1) is 15.4. The molecule has 2 heterocycles. The lowest BCUT2D eigenvalue weighted by molar-refractivity contribution is -0.385. The molecule has 1 unspecified atom stereocenters. The van der Waals surface area contributed by atoms with Crippen LogP contribution in [0.3, 0.4) is 0 Å². The first-order valence-corrected chi connectivity index (χ1v) is 7.59. The number of hydrogen-bond donors (Lipinski definition) is 0. The van der Waals surface area contributed by atoms with E-state index in [0.717, 1.165) is 17.9 Å². The Morgan fingerprint density at radius 3 is 2.78 bits per heavy atom. The molecular weight excluding hydrogens is 294 g/mol. The van der Waals surface area contributed by atoms with E-state index in [2.05, 4.69) is 28.9 Å². The smallest absolute Gasteiger partial charge is 0.287 e. The van der Waals surface area contributed by atoms with Gasteiger partial charge in [-0.3, -0.25) is 10.1 Å². The molecule has 0 N–H and O–H groups in total. The number of benzene rings is 1. The van der Waals surface area contributed by atoms with E-state index in [1.807, 2.05) is 19.1 Å². The molecule has 0 spiro atoms. The quantitative estimate of drug-likeness (QED) is 0.643. The molecule has 23 heavy (non-hydrogen) atoms. The van der Waals surface area contributed by atoms with E-state index < -0.39 is 4.92 Å². The van der Waals surface area contributed by atoms with Gasteiger partial charge in [0.2, 0.25) is 0 Å². The number of aromatic nitrogens is 1. The minimum atomic E-state index is -0.417. The molecule has 0 saturated carbocycles. The van der Waals surface area contributed by atoms with Crippen molar-refractivity contribution in [2.24, 2.45) is 0 Å². The van der Waals surface area contributed by atoms with Crippen molar-refractivity contribution < 1.29 is 9.66 Å². The van der Waals surface area contributed by atoms with Gasteiger partial charge in [0.05, 0.1) is 11.5 Å².